The maximum Gasteiger partial charge on any atom is 0.102 e. The van der Waals surface area contributed by atoms with Gasteiger partial charge in [-0.15, -0.1) is 0 Å². The van der Waals surface area contributed by atoms with Gasteiger partial charge in [-0.1, -0.05) is 0 Å². The maximum absolute atomic E-state index is 5.45. The van der Waals surface area contributed by atoms with Gasteiger partial charge < -0.3 is 9.22 Å². The van der Waals surface area contributed by atoms with Crippen molar-refractivity contribution in [3.8, 4) is 0 Å². The Balaban J connectivity index is 2.29. The summed E-state index contributed by atoms with van der Waals surface area (Å²) in [6.07, 6.45) is 4.27. The Morgan fingerprint density at radius 3 is 2.31 bits per heavy atom. The molecule has 0 aromatic carbocycles. The number of nitrogens with zero attached hydrogens (tertiary/aromatic N) is 1. The Morgan fingerprint density at radius 2 is 1.77 bits per heavy atom. The Labute approximate surface area is 82.5 Å². The van der Waals surface area contributed by atoms with Crippen LogP contribution in [0.4, 0.5) is 0 Å². The molecule has 0 radical (unpaired) electrons. The zero-order chi connectivity index (χ0) is 9.57. The normalized spacial score (nSPS) is 21.7. The van der Waals surface area contributed by atoms with E-state index in [2.05, 4.69) is 13.8 Å². The molecule has 0 atom stereocenters. The van der Waals surface area contributed by atoms with Crippen molar-refractivity contribution >= 4 is 0 Å². The summed E-state index contributed by atoms with van der Waals surface area (Å²) in [4.78, 5) is 0. The standard InChI is InChI=1S/C11H24NO/c1-3-12(10-11-13-4-2)8-6-5-7-9-12/h3-11H2,1-2H3/q+1. The Morgan fingerprint density at radius 1 is 1.08 bits per heavy atom. The van der Waals surface area contributed by atoms with Crippen LogP contribution in [-0.4, -0.2) is 43.9 Å². The Bertz CT molecular complexity index is 130. The first-order valence-corrected chi connectivity index (χ1v) is 5.76. The van der Waals surface area contributed by atoms with E-state index in [1.807, 2.05) is 0 Å². The third-order valence-corrected chi connectivity index (χ3v) is 3.35. The van der Waals surface area contributed by atoms with E-state index < -0.39 is 0 Å². The van der Waals surface area contributed by atoms with Crippen molar-refractivity contribution in [3.05, 3.63) is 0 Å². The lowest BCUT2D eigenvalue weighted by Gasteiger charge is -2.40. The molecule has 1 rings (SSSR count). The molecule has 1 aliphatic rings. The van der Waals surface area contributed by atoms with E-state index in [4.69, 9.17) is 4.74 Å². The zero-order valence-electron chi connectivity index (χ0n) is 9.22. The molecule has 78 valence electrons. The van der Waals surface area contributed by atoms with Crippen molar-refractivity contribution in [2.45, 2.75) is 33.1 Å². The lowest BCUT2D eigenvalue weighted by Crippen LogP contribution is -2.53. The highest BCUT2D eigenvalue weighted by Crippen LogP contribution is 2.17. The molecule has 13 heavy (non-hydrogen) atoms. The minimum Gasteiger partial charge on any atom is -0.376 e. The van der Waals surface area contributed by atoms with Gasteiger partial charge >= 0.3 is 0 Å². The second-order valence-electron chi connectivity index (χ2n) is 4.09. The molecule has 0 spiro atoms. The van der Waals surface area contributed by atoms with Crippen LogP contribution in [0.3, 0.4) is 0 Å². The molecule has 1 fully saturated rings. The fourth-order valence-electron chi connectivity index (χ4n) is 2.28. The molecule has 0 saturated carbocycles. The van der Waals surface area contributed by atoms with Crippen LogP contribution < -0.4 is 0 Å². The summed E-state index contributed by atoms with van der Waals surface area (Å²) in [5.74, 6) is 0. The van der Waals surface area contributed by atoms with Crippen LogP contribution in [-0.2, 0) is 4.74 Å². The average Bonchev–Trinajstić information content (AvgIpc) is 2.20. The summed E-state index contributed by atoms with van der Waals surface area (Å²) in [5.41, 5.74) is 0. The van der Waals surface area contributed by atoms with Crippen molar-refractivity contribution in [2.24, 2.45) is 0 Å². The lowest BCUT2D eigenvalue weighted by atomic mass is 10.1. The van der Waals surface area contributed by atoms with Gasteiger partial charge in [-0.2, -0.15) is 0 Å². The first kappa shape index (κ1) is 11.0. The summed E-state index contributed by atoms with van der Waals surface area (Å²) in [6.45, 7) is 11.5. The van der Waals surface area contributed by atoms with Crippen LogP contribution in [0, 0.1) is 0 Å². The van der Waals surface area contributed by atoms with Crippen LogP contribution in [0.15, 0.2) is 0 Å². The molecule has 2 heteroatoms. The third kappa shape index (κ3) is 3.28. The smallest absolute Gasteiger partial charge is 0.102 e. The van der Waals surface area contributed by atoms with E-state index in [1.165, 1.54) is 49.9 Å². The Hall–Kier alpha value is -0.0800. The van der Waals surface area contributed by atoms with E-state index in [0.717, 1.165) is 13.2 Å². The summed E-state index contributed by atoms with van der Waals surface area (Å²) in [7, 11) is 0. The molecule has 0 bridgehead atoms. The van der Waals surface area contributed by atoms with E-state index in [-0.39, 0.29) is 0 Å². The predicted molar refractivity (Wildman–Crippen MR) is 55.7 cm³/mol. The topological polar surface area (TPSA) is 9.23 Å². The van der Waals surface area contributed by atoms with Gasteiger partial charge in [0.25, 0.3) is 0 Å². The monoisotopic (exact) mass is 186 g/mol. The van der Waals surface area contributed by atoms with E-state index >= 15 is 0 Å². The zero-order valence-corrected chi connectivity index (χ0v) is 9.22. The highest BCUT2D eigenvalue weighted by atomic mass is 16.5. The molecule has 2 nitrogen and oxygen atoms in total. The van der Waals surface area contributed by atoms with Gasteiger partial charge in [0.1, 0.15) is 6.54 Å². The molecule has 0 unspecified atom stereocenters. The van der Waals surface area contributed by atoms with Gasteiger partial charge in [0.05, 0.1) is 26.2 Å². The van der Waals surface area contributed by atoms with E-state index in [0.29, 0.717) is 0 Å². The van der Waals surface area contributed by atoms with Gasteiger partial charge in [-0.25, -0.2) is 0 Å². The quantitative estimate of drug-likeness (QED) is 0.471. The van der Waals surface area contributed by atoms with Gasteiger partial charge in [0, 0.05) is 6.61 Å². The molecular formula is C11H24NO+. The lowest BCUT2D eigenvalue weighted by molar-refractivity contribution is -0.931. The van der Waals surface area contributed by atoms with E-state index in [1.54, 1.807) is 0 Å². The SMILES string of the molecule is CCOCC[N+]1(CC)CCCCC1. The number of likely N-dealkylation sites (tertiary alicyclic amines) is 1. The van der Waals surface area contributed by atoms with Crippen LogP contribution in [0.2, 0.25) is 0 Å². The molecule has 1 saturated heterocycles. The number of quaternary nitrogens is 1. The summed E-state index contributed by atoms with van der Waals surface area (Å²) in [6, 6.07) is 0. The number of ether oxygens (including phenoxy) is 1. The number of likely N-dealkylation sites (N-methyl/N-ethyl adjacent to an activating group) is 1. The van der Waals surface area contributed by atoms with Crippen LogP contribution >= 0.6 is 0 Å². The molecular weight excluding hydrogens is 162 g/mol. The highest BCUT2D eigenvalue weighted by molar-refractivity contribution is 4.53. The van der Waals surface area contributed by atoms with Crippen LogP contribution in [0.1, 0.15) is 33.1 Å². The average molecular weight is 186 g/mol. The molecule has 0 aromatic heterocycles. The van der Waals surface area contributed by atoms with Gasteiger partial charge in [-0.3, -0.25) is 0 Å². The second-order valence-corrected chi connectivity index (χ2v) is 4.09. The molecule has 0 amide bonds. The number of piperidine rings is 1. The minimum absolute atomic E-state index is 0.865. The largest absolute Gasteiger partial charge is 0.376 e. The van der Waals surface area contributed by atoms with Gasteiger partial charge in [0.15, 0.2) is 0 Å². The predicted octanol–water partition coefficient (Wildman–Crippen LogP) is 2.04. The first-order valence-electron chi connectivity index (χ1n) is 5.76. The number of rotatable bonds is 5. The van der Waals surface area contributed by atoms with Gasteiger partial charge in [-0.05, 0) is 33.1 Å². The fraction of sp³-hybridized carbons (Fsp3) is 1.00. The fourth-order valence-corrected chi connectivity index (χ4v) is 2.28. The van der Waals surface area contributed by atoms with Crippen molar-refractivity contribution in [1.82, 2.24) is 0 Å². The van der Waals surface area contributed by atoms with Crippen molar-refractivity contribution in [2.75, 3.05) is 39.4 Å². The summed E-state index contributed by atoms with van der Waals surface area (Å²) in [5, 5.41) is 0. The maximum atomic E-state index is 5.45. The third-order valence-electron chi connectivity index (χ3n) is 3.35. The van der Waals surface area contributed by atoms with E-state index in [9.17, 15) is 0 Å². The first-order chi connectivity index (χ1) is 6.33. The van der Waals surface area contributed by atoms with Gasteiger partial charge in [0.2, 0.25) is 0 Å². The summed E-state index contributed by atoms with van der Waals surface area (Å²) >= 11 is 0. The summed E-state index contributed by atoms with van der Waals surface area (Å²) < 4.78 is 6.75. The molecule has 0 aliphatic carbocycles. The Kier molecular flexibility index (Phi) is 4.74. The minimum atomic E-state index is 0.865. The van der Waals surface area contributed by atoms with Crippen molar-refractivity contribution in [1.29, 1.82) is 0 Å². The molecule has 0 N–H and O–H groups in total. The van der Waals surface area contributed by atoms with Crippen molar-refractivity contribution in [3.63, 3.8) is 0 Å². The highest BCUT2D eigenvalue weighted by Gasteiger charge is 2.27. The number of hydrogen-bond donors (Lipinski definition) is 0. The number of hydrogen-bond acceptors (Lipinski definition) is 1. The molecule has 1 heterocycles. The van der Waals surface area contributed by atoms with Crippen LogP contribution in [0.25, 0.3) is 0 Å². The van der Waals surface area contributed by atoms with Crippen molar-refractivity contribution < 1.29 is 9.22 Å². The second kappa shape index (κ2) is 5.61. The molecule has 0 aromatic rings. The van der Waals surface area contributed by atoms with Crippen LogP contribution in [0.5, 0.6) is 0 Å². The molecule has 1 aliphatic heterocycles.